The number of benzene rings is 3. The summed E-state index contributed by atoms with van der Waals surface area (Å²) in [5.74, 6) is 0.611. The van der Waals surface area contributed by atoms with Gasteiger partial charge in [0, 0.05) is 25.4 Å². The van der Waals surface area contributed by atoms with Crippen molar-refractivity contribution in [2.75, 3.05) is 6.61 Å². The Morgan fingerprint density at radius 1 is 0.889 bits per heavy atom. The van der Waals surface area contributed by atoms with Gasteiger partial charge >= 0.3 is 0 Å². The van der Waals surface area contributed by atoms with Crippen LogP contribution in [0.2, 0.25) is 0 Å². The SMILES string of the molecule is Cc1ccc(OCCCC(=O)N(Cc2ccccc2C)[C@@H](Cc2ccccc2)C(=O)NC(C)C)cc1. The molecule has 3 aromatic rings. The fourth-order valence-electron chi connectivity index (χ4n) is 4.10. The first kappa shape index (κ1) is 27.0. The Morgan fingerprint density at radius 3 is 2.22 bits per heavy atom. The van der Waals surface area contributed by atoms with Crippen molar-refractivity contribution in [3.05, 3.63) is 101 Å². The van der Waals surface area contributed by atoms with E-state index in [0.717, 1.165) is 22.4 Å². The molecule has 0 heterocycles. The van der Waals surface area contributed by atoms with E-state index in [9.17, 15) is 9.59 Å². The van der Waals surface area contributed by atoms with Crippen LogP contribution in [0, 0.1) is 13.8 Å². The number of amides is 2. The molecular weight excluding hydrogens is 448 g/mol. The van der Waals surface area contributed by atoms with Crippen LogP contribution in [-0.4, -0.2) is 35.4 Å². The molecule has 0 fully saturated rings. The lowest BCUT2D eigenvalue weighted by atomic mass is 10.0. The second-order valence-corrected chi connectivity index (χ2v) is 9.58. The van der Waals surface area contributed by atoms with E-state index < -0.39 is 6.04 Å². The lowest BCUT2D eigenvalue weighted by molar-refractivity contribution is -0.141. The lowest BCUT2D eigenvalue weighted by Gasteiger charge is -2.32. The van der Waals surface area contributed by atoms with E-state index in [1.54, 1.807) is 4.90 Å². The molecule has 0 aliphatic carbocycles. The molecule has 0 spiro atoms. The van der Waals surface area contributed by atoms with E-state index in [4.69, 9.17) is 4.74 Å². The van der Waals surface area contributed by atoms with Crippen molar-refractivity contribution in [1.29, 1.82) is 0 Å². The summed E-state index contributed by atoms with van der Waals surface area (Å²) in [6.07, 6.45) is 1.33. The molecule has 5 nitrogen and oxygen atoms in total. The Balaban J connectivity index is 1.79. The first-order chi connectivity index (χ1) is 17.3. The highest BCUT2D eigenvalue weighted by Gasteiger charge is 2.30. The molecule has 0 bridgehead atoms. The second kappa shape index (κ2) is 13.5. The van der Waals surface area contributed by atoms with E-state index in [2.05, 4.69) is 5.32 Å². The average Bonchev–Trinajstić information content (AvgIpc) is 2.86. The van der Waals surface area contributed by atoms with Crippen molar-refractivity contribution in [3.8, 4) is 5.75 Å². The molecule has 0 aliphatic rings. The Hall–Kier alpha value is -3.60. The molecule has 0 saturated heterocycles. The van der Waals surface area contributed by atoms with Gasteiger partial charge in [0.25, 0.3) is 0 Å². The van der Waals surface area contributed by atoms with E-state index in [1.807, 2.05) is 107 Å². The minimum atomic E-state index is -0.611. The Morgan fingerprint density at radius 2 is 1.56 bits per heavy atom. The highest BCUT2D eigenvalue weighted by Crippen LogP contribution is 2.19. The van der Waals surface area contributed by atoms with Crippen LogP contribution in [0.4, 0.5) is 0 Å². The van der Waals surface area contributed by atoms with Gasteiger partial charge in [0.2, 0.25) is 11.8 Å². The molecule has 36 heavy (non-hydrogen) atoms. The summed E-state index contributed by atoms with van der Waals surface area (Å²) < 4.78 is 5.83. The summed E-state index contributed by atoms with van der Waals surface area (Å²) in [7, 11) is 0. The third-order valence-corrected chi connectivity index (χ3v) is 6.13. The number of carbonyl (C=O) groups excluding carboxylic acids is 2. The smallest absolute Gasteiger partial charge is 0.243 e. The molecular formula is C31H38N2O3. The quantitative estimate of drug-likeness (QED) is 0.338. The molecule has 1 atom stereocenters. The fourth-order valence-corrected chi connectivity index (χ4v) is 4.10. The van der Waals surface area contributed by atoms with Gasteiger partial charge in [0.15, 0.2) is 0 Å². The maximum absolute atomic E-state index is 13.6. The predicted octanol–water partition coefficient (Wildman–Crippen LogP) is 5.63. The summed E-state index contributed by atoms with van der Waals surface area (Å²) in [6, 6.07) is 25.2. The maximum atomic E-state index is 13.6. The zero-order chi connectivity index (χ0) is 25.9. The number of ether oxygens (including phenoxy) is 1. The van der Waals surface area contributed by atoms with Crippen LogP contribution in [0.25, 0.3) is 0 Å². The van der Waals surface area contributed by atoms with Gasteiger partial charge in [-0.05, 0) is 62.9 Å². The summed E-state index contributed by atoms with van der Waals surface area (Å²) in [6.45, 7) is 8.77. The molecule has 0 aliphatic heterocycles. The van der Waals surface area contributed by atoms with Crippen LogP contribution in [-0.2, 0) is 22.6 Å². The molecule has 3 aromatic carbocycles. The minimum absolute atomic E-state index is 0.0194. The molecule has 0 saturated carbocycles. The standard InChI is InChI=1S/C31H38N2O3/c1-23(2)32-31(35)29(21-26-12-6-5-7-13-26)33(22-27-14-9-8-11-25(27)4)30(34)15-10-20-36-28-18-16-24(3)17-19-28/h5-9,11-14,16-19,23,29H,10,15,20-22H2,1-4H3,(H,32,35)/t29-/m0/s1. The highest BCUT2D eigenvalue weighted by molar-refractivity contribution is 5.88. The van der Waals surface area contributed by atoms with E-state index in [1.165, 1.54) is 5.56 Å². The lowest BCUT2D eigenvalue weighted by Crippen LogP contribution is -2.51. The topological polar surface area (TPSA) is 58.6 Å². The van der Waals surface area contributed by atoms with Gasteiger partial charge < -0.3 is 15.0 Å². The van der Waals surface area contributed by atoms with Crippen LogP contribution in [0.15, 0.2) is 78.9 Å². The third-order valence-electron chi connectivity index (χ3n) is 6.13. The normalized spacial score (nSPS) is 11.7. The molecule has 2 amide bonds. The number of carbonyl (C=O) groups is 2. The summed E-state index contributed by atoms with van der Waals surface area (Å²) >= 11 is 0. The Labute approximate surface area is 215 Å². The third kappa shape index (κ3) is 8.26. The van der Waals surface area contributed by atoms with Gasteiger partial charge in [-0.25, -0.2) is 0 Å². The van der Waals surface area contributed by atoms with Crippen molar-refractivity contribution in [2.24, 2.45) is 0 Å². The van der Waals surface area contributed by atoms with Gasteiger partial charge in [0.1, 0.15) is 11.8 Å². The molecule has 5 heteroatoms. The van der Waals surface area contributed by atoms with Crippen LogP contribution >= 0.6 is 0 Å². The zero-order valence-corrected chi connectivity index (χ0v) is 21.9. The summed E-state index contributed by atoms with van der Waals surface area (Å²) in [4.78, 5) is 28.8. The van der Waals surface area contributed by atoms with Gasteiger partial charge in [0.05, 0.1) is 6.61 Å². The Bertz CT molecular complexity index is 1110. The number of hydrogen-bond donors (Lipinski definition) is 1. The first-order valence-electron chi connectivity index (χ1n) is 12.7. The summed E-state index contributed by atoms with van der Waals surface area (Å²) in [5.41, 5.74) is 4.33. The molecule has 3 rings (SSSR count). The highest BCUT2D eigenvalue weighted by atomic mass is 16.5. The van der Waals surface area contributed by atoms with Crippen molar-refractivity contribution in [1.82, 2.24) is 10.2 Å². The maximum Gasteiger partial charge on any atom is 0.243 e. The van der Waals surface area contributed by atoms with Crippen molar-refractivity contribution >= 4 is 11.8 Å². The van der Waals surface area contributed by atoms with Gasteiger partial charge in [-0.2, -0.15) is 0 Å². The number of hydrogen-bond acceptors (Lipinski definition) is 3. The fraction of sp³-hybridized carbons (Fsp3) is 0.355. The Kier molecular flexibility index (Phi) is 10.1. The van der Waals surface area contributed by atoms with Crippen molar-refractivity contribution in [3.63, 3.8) is 0 Å². The monoisotopic (exact) mass is 486 g/mol. The number of nitrogens with zero attached hydrogens (tertiary/aromatic N) is 1. The average molecular weight is 487 g/mol. The number of aryl methyl sites for hydroxylation is 2. The number of rotatable bonds is 12. The largest absolute Gasteiger partial charge is 0.494 e. The number of nitrogens with one attached hydrogen (secondary N) is 1. The molecule has 190 valence electrons. The van der Waals surface area contributed by atoms with Gasteiger partial charge in [-0.1, -0.05) is 72.3 Å². The molecule has 0 aromatic heterocycles. The summed E-state index contributed by atoms with van der Waals surface area (Å²) in [5, 5.41) is 3.03. The predicted molar refractivity (Wildman–Crippen MR) is 145 cm³/mol. The van der Waals surface area contributed by atoms with Crippen LogP contribution in [0.3, 0.4) is 0 Å². The first-order valence-corrected chi connectivity index (χ1v) is 12.7. The molecule has 0 unspecified atom stereocenters. The second-order valence-electron chi connectivity index (χ2n) is 9.58. The van der Waals surface area contributed by atoms with E-state index in [-0.39, 0.29) is 17.9 Å². The van der Waals surface area contributed by atoms with Crippen molar-refractivity contribution in [2.45, 2.75) is 65.6 Å². The van der Waals surface area contributed by atoms with E-state index >= 15 is 0 Å². The van der Waals surface area contributed by atoms with Gasteiger partial charge in [-0.3, -0.25) is 9.59 Å². The van der Waals surface area contributed by atoms with Gasteiger partial charge in [-0.15, -0.1) is 0 Å². The van der Waals surface area contributed by atoms with E-state index in [0.29, 0.717) is 32.4 Å². The minimum Gasteiger partial charge on any atom is -0.494 e. The van der Waals surface area contributed by atoms with Crippen molar-refractivity contribution < 1.29 is 14.3 Å². The molecule has 1 N–H and O–H groups in total. The van der Waals surface area contributed by atoms with Crippen LogP contribution < -0.4 is 10.1 Å². The zero-order valence-electron chi connectivity index (χ0n) is 21.9. The van der Waals surface area contributed by atoms with Crippen LogP contribution in [0.5, 0.6) is 5.75 Å². The molecule has 0 radical (unpaired) electrons. The van der Waals surface area contributed by atoms with Crippen LogP contribution in [0.1, 0.15) is 48.9 Å².